The molecular weight excluding hydrogens is 214 g/mol. The van der Waals surface area contributed by atoms with E-state index in [0.717, 1.165) is 12.8 Å². The Hall–Kier alpha value is -0.840. The zero-order valence-electron chi connectivity index (χ0n) is 8.95. The third-order valence-corrected chi connectivity index (χ3v) is 2.50. The minimum atomic E-state index is -0.543. The van der Waals surface area contributed by atoms with Gasteiger partial charge in [-0.25, -0.2) is 4.79 Å². The van der Waals surface area contributed by atoms with Crippen molar-refractivity contribution in [1.82, 2.24) is 5.32 Å². The summed E-state index contributed by atoms with van der Waals surface area (Å²) in [7, 11) is 0. The molecule has 1 aliphatic carbocycles. The van der Waals surface area contributed by atoms with Gasteiger partial charge in [0.15, 0.2) is 0 Å². The van der Waals surface area contributed by atoms with Gasteiger partial charge < -0.3 is 9.47 Å². The van der Waals surface area contributed by atoms with E-state index in [1.54, 1.807) is 6.92 Å². The summed E-state index contributed by atoms with van der Waals surface area (Å²) in [6.07, 6.45) is 5.26. The molecule has 1 saturated carbocycles. The number of rotatable bonds is 2. The van der Waals surface area contributed by atoms with Crippen molar-refractivity contribution in [3.05, 3.63) is 0 Å². The highest BCUT2D eigenvalue weighted by Crippen LogP contribution is 2.20. The average Bonchev–Trinajstić information content (AvgIpc) is 2.19. The third kappa shape index (κ3) is 4.97. The fourth-order valence-electron chi connectivity index (χ4n) is 1.61. The molecule has 0 aromatic heterocycles. The summed E-state index contributed by atoms with van der Waals surface area (Å²) in [5.41, 5.74) is 0. The van der Waals surface area contributed by atoms with Crippen LogP contribution < -0.4 is 5.32 Å². The number of nitrogens with one attached hydrogen (secondary N) is 1. The summed E-state index contributed by atoms with van der Waals surface area (Å²) in [6.45, 7) is 2.07. The molecule has 5 heteroatoms. The maximum absolute atomic E-state index is 11.0. The topological polar surface area (TPSA) is 47.6 Å². The molecule has 0 heterocycles. The SMILES string of the molecule is CCOC(=O)NC(=S)OC1CCCCC1. The molecule has 1 fully saturated rings. The zero-order valence-corrected chi connectivity index (χ0v) is 9.77. The number of hydrogen-bond donors (Lipinski definition) is 1. The van der Waals surface area contributed by atoms with Crippen LogP contribution in [0.4, 0.5) is 4.79 Å². The van der Waals surface area contributed by atoms with E-state index < -0.39 is 6.09 Å². The molecule has 0 saturated heterocycles. The van der Waals surface area contributed by atoms with Crippen LogP contribution in [0, 0.1) is 0 Å². The van der Waals surface area contributed by atoms with Gasteiger partial charge in [-0.15, -0.1) is 0 Å². The van der Waals surface area contributed by atoms with E-state index in [9.17, 15) is 4.79 Å². The van der Waals surface area contributed by atoms with Gasteiger partial charge in [0, 0.05) is 0 Å². The minimum absolute atomic E-state index is 0.125. The normalized spacial score (nSPS) is 16.9. The standard InChI is InChI=1S/C10H17NO3S/c1-2-13-9(12)11-10(15)14-8-6-4-3-5-7-8/h8H,2-7H2,1H3,(H,11,12,15). The lowest BCUT2D eigenvalue weighted by atomic mass is 9.98. The van der Waals surface area contributed by atoms with Gasteiger partial charge in [-0.3, -0.25) is 5.32 Å². The van der Waals surface area contributed by atoms with Crippen LogP contribution in [0.2, 0.25) is 0 Å². The van der Waals surface area contributed by atoms with Crippen LogP contribution in [-0.4, -0.2) is 24.0 Å². The molecule has 1 N–H and O–H groups in total. The summed E-state index contributed by atoms with van der Waals surface area (Å²) >= 11 is 4.89. The summed E-state index contributed by atoms with van der Waals surface area (Å²) in [5.74, 6) is 0. The van der Waals surface area contributed by atoms with Gasteiger partial charge in [-0.2, -0.15) is 0 Å². The van der Waals surface area contributed by atoms with E-state index in [0.29, 0.717) is 6.61 Å². The van der Waals surface area contributed by atoms with Crippen LogP contribution in [0.25, 0.3) is 0 Å². The Balaban J connectivity index is 2.19. The van der Waals surface area contributed by atoms with Crippen molar-refractivity contribution < 1.29 is 14.3 Å². The number of hydrogen-bond acceptors (Lipinski definition) is 4. The van der Waals surface area contributed by atoms with Crippen LogP contribution in [0.3, 0.4) is 0 Å². The molecule has 0 unspecified atom stereocenters. The third-order valence-electron chi connectivity index (χ3n) is 2.31. The summed E-state index contributed by atoms with van der Waals surface area (Å²) < 4.78 is 10.1. The van der Waals surface area contributed by atoms with E-state index in [4.69, 9.17) is 17.0 Å². The number of thiocarbonyl (C=S) groups is 1. The van der Waals surface area contributed by atoms with Gasteiger partial charge in [0.2, 0.25) is 0 Å². The first-order valence-corrected chi connectivity index (χ1v) is 5.77. The largest absolute Gasteiger partial charge is 0.467 e. The van der Waals surface area contributed by atoms with Crippen LogP contribution in [-0.2, 0) is 9.47 Å². The Kier molecular flexibility index (Phi) is 5.39. The van der Waals surface area contributed by atoms with Crippen molar-refractivity contribution >= 4 is 23.5 Å². The second kappa shape index (κ2) is 6.61. The lowest BCUT2D eigenvalue weighted by Crippen LogP contribution is -2.34. The van der Waals surface area contributed by atoms with E-state index in [-0.39, 0.29) is 11.3 Å². The van der Waals surface area contributed by atoms with Crippen molar-refractivity contribution in [2.75, 3.05) is 6.61 Å². The van der Waals surface area contributed by atoms with Crippen LogP contribution in [0.15, 0.2) is 0 Å². The van der Waals surface area contributed by atoms with Crippen molar-refractivity contribution in [1.29, 1.82) is 0 Å². The van der Waals surface area contributed by atoms with Crippen molar-refractivity contribution in [2.45, 2.75) is 45.1 Å². The summed E-state index contributed by atoms with van der Waals surface area (Å²) in [6, 6.07) is 0. The molecule has 15 heavy (non-hydrogen) atoms. The number of carbonyl (C=O) groups is 1. The van der Waals surface area contributed by atoms with Gasteiger partial charge in [-0.1, -0.05) is 6.42 Å². The molecule has 0 atom stereocenters. The molecule has 0 aromatic carbocycles. The number of alkyl carbamates (subject to hydrolysis) is 1. The lowest BCUT2D eigenvalue weighted by molar-refractivity contribution is 0.130. The highest BCUT2D eigenvalue weighted by atomic mass is 32.1. The Morgan fingerprint density at radius 1 is 1.40 bits per heavy atom. The highest BCUT2D eigenvalue weighted by molar-refractivity contribution is 7.80. The Labute approximate surface area is 95.3 Å². The van der Waals surface area contributed by atoms with Gasteiger partial charge in [0.25, 0.3) is 5.17 Å². The average molecular weight is 231 g/mol. The predicted molar refractivity (Wildman–Crippen MR) is 60.7 cm³/mol. The molecule has 1 aliphatic rings. The molecule has 0 spiro atoms. The molecular formula is C10H17NO3S. The van der Waals surface area contributed by atoms with Crippen molar-refractivity contribution in [2.24, 2.45) is 0 Å². The number of ether oxygens (including phenoxy) is 2. The van der Waals surface area contributed by atoms with E-state index in [2.05, 4.69) is 10.1 Å². The fourth-order valence-corrected chi connectivity index (χ4v) is 1.83. The monoisotopic (exact) mass is 231 g/mol. The van der Waals surface area contributed by atoms with E-state index in [1.165, 1.54) is 19.3 Å². The van der Waals surface area contributed by atoms with E-state index in [1.807, 2.05) is 0 Å². The van der Waals surface area contributed by atoms with Crippen LogP contribution >= 0.6 is 12.2 Å². The van der Waals surface area contributed by atoms with Gasteiger partial charge in [-0.05, 0) is 44.8 Å². The molecule has 0 bridgehead atoms. The highest BCUT2D eigenvalue weighted by Gasteiger charge is 2.16. The van der Waals surface area contributed by atoms with Gasteiger partial charge in [0.05, 0.1) is 6.61 Å². The van der Waals surface area contributed by atoms with Crippen LogP contribution in [0.5, 0.6) is 0 Å². The maximum atomic E-state index is 11.0. The lowest BCUT2D eigenvalue weighted by Gasteiger charge is -2.22. The molecule has 1 amide bonds. The van der Waals surface area contributed by atoms with Gasteiger partial charge in [0.1, 0.15) is 6.10 Å². The van der Waals surface area contributed by atoms with Crippen LogP contribution in [0.1, 0.15) is 39.0 Å². The smallest absolute Gasteiger partial charge is 0.414 e. The van der Waals surface area contributed by atoms with Crippen molar-refractivity contribution in [3.8, 4) is 0 Å². The molecule has 0 radical (unpaired) electrons. The molecule has 1 rings (SSSR count). The second-order valence-corrected chi connectivity index (χ2v) is 3.88. The Bertz CT molecular complexity index is 227. The zero-order chi connectivity index (χ0) is 11.1. The minimum Gasteiger partial charge on any atom is -0.467 e. The summed E-state index contributed by atoms with van der Waals surface area (Å²) in [5, 5.41) is 2.50. The first kappa shape index (κ1) is 12.2. The molecule has 4 nitrogen and oxygen atoms in total. The first-order chi connectivity index (χ1) is 7.22. The fraction of sp³-hybridized carbons (Fsp3) is 0.800. The van der Waals surface area contributed by atoms with Crippen molar-refractivity contribution in [3.63, 3.8) is 0 Å². The summed E-state index contributed by atoms with van der Waals surface area (Å²) in [4.78, 5) is 11.0. The molecule has 0 aliphatic heterocycles. The van der Waals surface area contributed by atoms with E-state index >= 15 is 0 Å². The second-order valence-electron chi connectivity index (χ2n) is 3.51. The molecule has 0 aromatic rings. The Morgan fingerprint density at radius 3 is 2.67 bits per heavy atom. The maximum Gasteiger partial charge on any atom is 0.414 e. The first-order valence-electron chi connectivity index (χ1n) is 5.36. The predicted octanol–water partition coefficient (Wildman–Crippen LogP) is 2.37. The Morgan fingerprint density at radius 2 is 2.07 bits per heavy atom. The molecule has 86 valence electrons. The number of amides is 1. The quantitative estimate of drug-likeness (QED) is 0.741. The van der Waals surface area contributed by atoms with Gasteiger partial charge >= 0.3 is 6.09 Å². The number of carbonyl (C=O) groups excluding carboxylic acids is 1.